The minimum absolute atomic E-state index is 0.0447. The molecule has 1 atom stereocenters. The molecule has 0 saturated carbocycles. The van der Waals surface area contributed by atoms with Crippen molar-refractivity contribution in [1.82, 2.24) is 15.3 Å². The fourth-order valence-corrected chi connectivity index (χ4v) is 5.00. The second kappa shape index (κ2) is 13.2. The van der Waals surface area contributed by atoms with Crippen molar-refractivity contribution in [2.45, 2.75) is 12.3 Å². The number of benzene rings is 3. The molecule has 1 unspecified atom stereocenters. The van der Waals surface area contributed by atoms with Gasteiger partial charge in [0.15, 0.2) is 11.5 Å². The summed E-state index contributed by atoms with van der Waals surface area (Å²) in [5, 5.41) is 13.5. The topological polar surface area (TPSA) is 120 Å². The van der Waals surface area contributed by atoms with E-state index in [0.717, 1.165) is 5.56 Å². The first-order valence-electron chi connectivity index (χ1n) is 13.4. The van der Waals surface area contributed by atoms with Crippen LogP contribution >= 0.6 is 11.6 Å². The molecule has 2 N–H and O–H groups in total. The number of halogens is 1. The first kappa shape index (κ1) is 29.3. The van der Waals surface area contributed by atoms with E-state index in [2.05, 4.69) is 15.3 Å². The van der Waals surface area contributed by atoms with E-state index in [9.17, 15) is 14.7 Å². The van der Waals surface area contributed by atoms with Gasteiger partial charge in [-0.15, -0.1) is 0 Å². The summed E-state index contributed by atoms with van der Waals surface area (Å²) in [7, 11) is 3.09. The number of ether oxygens (including phenoxy) is 3. The molecule has 2 heterocycles. The van der Waals surface area contributed by atoms with Crippen LogP contribution in [0.25, 0.3) is 10.9 Å². The number of rotatable bonds is 11. The highest BCUT2D eigenvalue weighted by atomic mass is 35.5. The average molecular weight is 598 g/mol. The highest BCUT2D eigenvalue weighted by Gasteiger charge is 2.25. The number of methoxy groups -OCH3 is 2. The molecule has 0 saturated heterocycles. The Balaban J connectivity index is 1.38. The maximum atomic E-state index is 13.5. The normalized spacial score (nSPS) is 11.5. The van der Waals surface area contributed by atoms with Crippen molar-refractivity contribution in [1.29, 1.82) is 0 Å². The van der Waals surface area contributed by atoms with Gasteiger partial charge in [0, 0.05) is 30.7 Å². The summed E-state index contributed by atoms with van der Waals surface area (Å²) >= 11 is 6.66. The first-order valence-corrected chi connectivity index (χ1v) is 13.8. The number of aromatic hydroxyl groups is 1. The van der Waals surface area contributed by atoms with Crippen molar-refractivity contribution in [3.63, 3.8) is 0 Å². The lowest BCUT2D eigenvalue weighted by molar-refractivity contribution is -0.119. The number of ketones is 1. The van der Waals surface area contributed by atoms with Gasteiger partial charge in [0.2, 0.25) is 5.88 Å². The standard InChI is InChI=1S/C33H28ClN3O6/c1-41-28-13-12-23-27(15-17-35-30(23)31(28)42-2)43-33-24(34)18-21(19-37-33)29(20-8-4-3-5-9-20)26(39)14-16-36-32(40)22-10-6-7-11-25(22)38/h3-13,15,17-19,29,38H,14,16H2,1-2H3,(H,36,40). The lowest BCUT2D eigenvalue weighted by Crippen LogP contribution is -2.27. The Kier molecular flexibility index (Phi) is 9.02. The Hall–Kier alpha value is -5.15. The molecule has 3 aromatic carbocycles. The van der Waals surface area contributed by atoms with Gasteiger partial charge in [-0.05, 0) is 47.5 Å². The van der Waals surface area contributed by atoms with Gasteiger partial charge in [-0.25, -0.2) is 4.98 Å². The average Bonchev–Trinajstić information content (AvgIpc) is 3.02. The van der Waals surface area contributed by atoms with Gasteiger partial charge in [0.25, 0.3) is 5.91 Å². The molecule has 218 valence electrons. The van der Waals surface area contributed by atoms with Gasteiger partial charge >= 0.3 is 0 Å². The lowest BCUT2D eigenvalue weighted by atomic mass is 9.87. The minimum Gasteiger partial charge on any atom is -0.507 e. The third-order valence-corrected chi connectivity index (χ3v) is 7.11. The summed E-state index contributed by atoms with van der Waals surface area (Å²) in [4.78, 5) is 34.9. The monoisotopic (exact) mass is 597 g/mol. The molecule has 5 rings (SSSR count). The lowest BCUT2D eigenvalue weighted by Gasteiger charge is -2.18. The van der Waals surface area contributed by atoms with Crippen LogP contribution in [0.4, 0.5) is 0 Å². The van der Waals surface area contributed by atoms with Crippen molar-refractivity contribution >= 4 is 34.2 Å². The Bertz CT molecular complexity index is 1780. The van der Waals surface area contributed by atoms with Crippen molar-refractivity contribution in [3.05, 3.63) is 113 Å². The Morgan fingerprint density at radius 3 is 2.40 bits per heavy atom. The second-order valence-corrected chi connectivity index (χ2v) is 9.90. The number of nitrogens with one attached hydrogen (secondary N) is 1. The molecule has 0 spiro atoms. The van der Waals surface area contributed by atoms with Crippen LogP contribution in [0.1, 0.15) is 33.8 Å². The van der Waals surface area contributed by atoms with E-state index in [0.29, 0.717) is 33.7 Å². The van der Waals surface area contributed by atoms with Gasteiger partial charge in [-0.2, -0.15) is 0 Å². The summed E-state index contributed by atoms with van der Waals surface area (Å²) in [5.41, 5.74) is 2.02. The number of para-hydroxylation sites is 1. The number of amides is 1. The Morgan fingerprint density at radius 2 is 1.67 bits per heavy atom. The maximum absolute atomic E-state index is 13.5. The van der Waals surface area contributed by atoms with Gasteiger partial charge in [-0.1, -0.05) is 54.1 Å². The van der Waals surface area contributed by atoms with Crippen LogP contribution in [-0.2, 0) is 4.79 Å². The van der Waals surface area contributed by atoms with Crippen LogP contribution in [0.15, 0.2) is 91.3 Å². The number of hydrogen-bond donors (Lipinski definition) is 2. The molecule has 5 aromatic rings. The van der Waals surface area contributed by atoms with Crippen LogP contribution in [0, 0.1) is 0 Å². The first-order chi connectivity index (χ1) is 20.9. The number of carbonyl (C=O) groups excluding carboxylic acids is 2. The zero-order valence-electron chi connectivity index (χ0n) is 23.4. The van der Waals surface area contributed by atoms with E-state index >= 15 is 0 Å². The Labute approximate surface area is 253 Å². The number of hydrogen-bond acceptors (Lipinski definition) is 8. The van der Waals surface area contributed by atoms with E-state index in [1.54, 1.807) is 49.8 Å². The van der Waals surface area contributed by atoms with E-state index < -0.39 is 11.8 Å². The number of aromatic nitrogens is 2. The minimum atomic E-state index is -0.680. The number of phenols is 1. The van der Waals surface area contributed by atoms with Crippen LogP contribution < -0.4 is 19.5 Å². The van der Waals surface area contributed by atoms with Crippen molar-refractivity contribution in [3.8, 4) is 28.9 Å². The molecule has 2 aromatic heterocycles. The summed E-state index contributed by atoms with van der Waals surface area (Å²) in [6.45, 7) is 0.0844. The summed E-state index contributed by atoms with van der Waals surface area (Å²) in [5.74, 6) is 0.210. The molecule has 0 aliphatic carbocycles. The predicted molar refractivity (Wildman–Crippen MR) is 163 cm³/mol. The SMILES string of the molecule is COc1ccc2c(Oc3ncc(C(C(=O)CCNC(=O)c4ccccc4O)c4ccccc4)cc3Cl)ccnc2c1OC. The molecular weight excluding hydrogens is 570 g/mol. The van der Waals surface area contributed by atoms with Crippen LogP contribution in [0.5, 0.6) is 28.9 Å². The van der Waals surface area contributed by atoms with Gasteiger partial charge in [0.1, 0.15) is 27.8 Å². The van der Waals surface area contributed by atoms with Crippen LogP contribution in [-0.4, -0.2) is 47.5 Å². The third kappa shape index (κ3) is 6.37. The largest absolute Gasteiger partial charge is 0.507 e. The highest BCUT2D eigenvalue weighted by Crippen LogP contribution is 2.40. The molecular formula is C33H28ClN3O6. The molecule has 0 aliphatic heterocycles. The van der Waals surface area contributed by atoms with Gasteiger partial charge in [-0.3, -0.25) is 14.6 Å². The number of nitrogens with zero attached hydrogens (tertiary/aromatic N) is 2. The fourth-order valence-electron chi connectivity index (χ4n) is 4.79. The number of pyridine rings is 2. The van der Waals surface area contributed by atoms with Crippen molar-refractivity contribution in [2.24, 2.45) is 0 Å². The van der Waals surface area contributed by atoms with Crippen LogP contribution in [0.2, 0.25) is 5.02 Å². The second-order valence-electron chi connectivity index (χ2n) is 9.50. The molecule has 0 radical (unpaired) electrons. The van der Waals surface area contributed by atoms with E-state index in [4.69, 9.17) is 25.8 Å². The highest BCUT2D eigenvalue weighted by molar-refractivity contribution is 6.32. The van der Waals surface area contributed by atoms with Crippen LogP contribution in [0.3, 0.4) is 0 Å². The number of Topliss-reactive ketones (excluding diaryl/α,β-unsaturated/α-hetero) is 1. The third-order valence-electron chi connectivity index (χ3n) is 6.84. The smallest absolute Gasteiger partial charge is 0.255 e. The number of carbonyl (C=O) groups is 2. The zero-order valence-corrected chi connectivity index (χ0v) is 24.2. The van der Waals surface area contributed by atoms with E-state index in [1.165, 1.54) is 19.2 Å². The van der Waals surface area contributed by atoms with Crippen molar-refractivity contribution < 1.29 is 28.9 Å². The maximum Gasteiger partial charge on any atom is 0.255 e. The zero-order chi connectivity index (χ0) is 30.3. The van der Waals surface area contributed by atoms with Gasteiger partial charge < -0.3 is 24.6 Å². The van der Waals surface area contributed by atoms with Gasteiger partial charge in [0.05, 0.1) is 25.7 Å². The molecule has 0 bridgehead atoms. The summed E-state index contributed by atoms with van der Waals surface area (Å²) in [6.07, 6.45) is 3.19. The molecule has 0 fully saturated rings. The molecule has 9 nitrogen and oxygen atoms in total. The fraction of sp³-hybridized carbons (Fsp3) is 0.152. The molecule has 10 heteroatoms. The predicted octanol–water partition coefficient (Wildman–Crippen LogP) is 6.32. The summed E-state index contributed by atoms with van der Waals surface area (Å²) < 4.78 is 17.0. The van der Waals surface area contributed by atoms with E-state index in [-0.39, 0.29) is 41.0 Å². The molecule has 43 heavy (non-hydrogen) atoms. The molecule has 1 amide bonds. The summed E-state index contributed by atoms with van der Waals surface area (Å²) in [6, 6.07) is 22.4. The molecule has 0 aliphatic rings. The Morgan fingerprint density at radius 1 is 0.907 bits per heavy atom. The number of fused-ring (bicyclic) bond motifs is 1. The van der Waals surface area contributed by atoms with E-state index in [1.807, 2.05) is 36.4 Å². The quantitative estimate of drug-likeness (QED) is 0.181. The number of phenolic OH excluding ortho intramolecular Hbond substituents is 1. The van der Waals surface area contributed by atoms with Crippen molar-refractivity contribution in [2.75, 3.05) is 20.8 Å².